The van der Waals surface area contributed by atoms with Gasteiger partial charge in [-0.2, -0.15) is 26.7 Å². The fourth-order valence-electron chi connectivity index (χ4n) is 5.27. The second kappa shape index (κ2) is 11.8. The van der Waals surface area contributed by atoms with E-state index in [2.05, 4.69) is 77.7 Å². The van der Waals surface area contributed by atoms with E-state index in [-0.39, 0.29) is 17.5 Å². The average Bonchev–Trinajstić information content (AvgIpc) is 3.39. The zero-order valence-electron chi connectivity index (χ0n) is 24.6. The van der Waals surface area contributed by atoms with E-state index < -0.39 is 37.5 Å². The van der Waals surface area contributed by atoms with Crippen LogP contribution in [0.5, 0.6) is 5.75 Å². The topological polar surface area (TPSA) is 70.4 Å². The number of halogens is 3. The number of nitrogens with zero attached hydrogens (tertiary/aromatic N) is 2. The summed E-state index contributed by atoms with van der Waals surface area (Å²) in [4.78, 5) is 0. The largest absolute Gasteiger partial charge is 0.534 e. The molecule has 0 spiro atoms. The molecular weight excluding hydrogens is 594 g/mol. The number of ether oxygens (including phenoxy) is 1. The molecule has 0 unspecified atom stereocenters. The molecule has 40 heavy (non-hydrogen) atoms. The minimum atomic E-state index is -5.94. The van der Waals surface area contributed by atoms with Crippen molar-refractivity contribution in [3.8, 4) is 17.2 Å². The first-order valence-corrected chi connectivity index (χ1v) is 21.6. The summed E-state index contributed by atoms with van der Waals surface area (Å²) >= 11 is 1.28. The van der Waals surface area contributed by atoms with Crippen LogP contribution in [0.4, 0.5) is 13.2 Å². The summed E-state index contributed by atoms with van der Waals surface area (Å²) in [5, 5.41) is 6.44. The van der Waals surface area contributed by atoms with Crippen LogP contribution in [-0.4, -0.2) is 46.5 Å². The van der Waals surface area contributed by atoms with E-state index in [1.165, 1.54) is 22.2 Å². The van der Waals surface area contributed by atoms with Crippen molar-refractivity contribution >= 4 is 58.6 Å². The first-order chi connectivity index (χ1) is 18.3. The van der Waals surface area contributed by atoms with Crippen molar-refractivity contribution in [2.24, 2.45) is 0 Å². The zero-order chi connectivity index (χ0) is 30.3. The average molecular weight is 633 g/mol. The summed E-state index contributed by atoms with van der Waals surface area (Å²) in [6.45, 7) is 20.3. The van der Waals surface area contributed by atoms with Crippen LogP contribution >= 0.6 is 11.3 Å². The molecule has 0 fully saturated rings. The molecule has 0 N–H and O–H groups in total. The third-order valence-electron chi connectivity index (χ3n) is 7.41. The number of thiophene rings is 1. The lowest BCUT2D eigenvalue weighted by Crippen LogP contribution is -2.43. The third-order valence-corrected chi connectivity index (χ3v) is 17.3. The SMILES string of the molecule is CC(C)[Si](C#Cc1csc2cc3c(cnn3COCC[Si](C)(C)C)c(OS(=O)(=O)C(F)(F)F)c12)(C(C)C)C(C)C. The first-order valence-electron chi connectivity index (χ1n) is 13.3. The van der Waals surface area contributed by atoms with Crippen LogP contribution in [0.3, 0.4) is 0 Å². The van der Waals surface area contributed by atoms with Gasteiger partial charge in [-0.1, -0.05) is 67.1 Å². The Morgan fingerprint density at radius 1 is 1.07 bits per heavy atom. The van der Waals surface area contributed by atoms with Gasteiger partial charge in [-0.3, -0.25) is 0 Å². The first kappa shape index (κ1) is 32.7. The van der Waals surface area contributed by atoms with Gasteiger partial charge < -0.3 is 8.92 Å². The Bertz CT molecular complexity index is 1500. The third kappa shape index (κ3) is 6.62. The van der Waals surface area contributed by atoms with Crippen molar-refractivity contribution < 1.29 is 30.5 Å². The highest BCUT2D eigenvalue weighted by Crippen LogP contribution is 2.44. The minimum absolute atomic E-state index is 0.0776. The van der Waals surface area contributed by atoms with Gasteiger partial charge in [-0.15, -0.1) is 16.9 Å². The summed E-state index contributed by atoms with van der Waals surface area (Å²) in [6, 6.07) is 2.72. The fraction of sp³-hybridized carbons (Fsp3) is 0.593. The molecule has 0 saturated heterocycles. The number of aromatic nitrogens is 2. The lowest BCUT2D eigenvalue weighted by Gasteiger charge is -2.38. The quantitative estimate of drug-likeness (QED) is 0.0739. The Morgan fingerprint density at radius 3 is 2.20 bits per heavy atom. The van der Waals surface area contributed by atoms with Gasteiger partial charge in [-0.25, -0.2) is 4.68 Å². The minimum Gasteiger partial charge on any atom is -0.374 e. The summed E-state index contributed by atoms with van der Waals surface area (Å²) in [6.07, 6.45) is 1.32. The highest BCUT2D eigenvalue weighted by atomic mass is 32.2. The van der Waals surface area contributed by atoms with Gasteiger partial charge in [0.25, 0.3) is 0 Å². The van der Waals surface area contributed by atoms with Gasteiger partial charge in [0, 0.05) is 30.3 Å². The number of benzene rings is 1. The Kier molecular flexibility index (Phi) is 9.63. The standard InChI is InChI=1S/C27H39F3N2O4S2Si2/c1-18(2)40(19(3)4,20(5)6)12-10-21-16-37-24-14-23-22(15-31-32(23)17-35-11-13-39(7,8)9)26(25(21)24)36-38(33,34)27(28,29)30/h14-16,18-20H,11,13,17H2,1-9H3. The Hall–Kier alpha value is -1.86. The van der Waals surface area contributed by atoms with E-state index in [0.29, 0.717) is 39.0 Å². The lowest BCUT2D eigenvalue weighted by molar-refractivity contribution is -0.0499. The molecule has 0 aliphatic carbocycles. The molecule has 0 radical (unpaired) electrons. The van der Waals surface area contributed by atoms with Crippen molar-refractivity contribution in [1.82, 2.24) is 9.78 Å². The van der Waals surface area contributed by atoms with Crippen LogP contribution < -0.4 is 4.18 Å². The zero-order valence-corrected chi connectivity index (χ0v) is 28.2. The van der Waals surface area contributed by atoms with Crippen molar-refractivity contribution in [3.63, 3.8) is 0 Å². The van der Waals surface area contributed by atoms with E-state index >= 15 is 0 Å². The van der Waals surface area contributed by atoms with Crippen LogP contribution in [-0.2, 0) is 21.6 Å². The number of rotatable bonds is 10. The molecule has 3 aromatic rings. The molecule has 3 rings (SSSR count). The molecular formula is C27H39F3N2O4S2Si2. The maximum atomic E-state index is 13.5. The Morgan fingerprint density at radius 2 is 1.68 bits per heavy atom. The van der Waals surface area contributed by atoms with Crippen molar-refractivity contribution in [1.29, 1.82) is 0 Å². The van der Waals surface area contributed by atoms with Crippen LogP contribution in [0.1, 0.15) is 47.1 Å². The smallest absolute Gasteiger partial charge is 0.374 e. The Balaban J connectivity index is 2.22. The molecule has 13 heteroatoms. The molecule has 0 bridgehead atoms. The molecule has 6 nitrogen and oxygen atoms in total. The van der Waals surface area contributed by atoms with Gasteiger partial charge in [0.05, 0.1) is 22.5 Å². The van der Waals surface area contributed by atoms with Crippen LogP contribution in [0.2, 0.25) is 42.3 Å². The predicted octanol–water partition coefficient (Wildman–Crippen LogP) is 8.36. The second-order valence-electron chi connectivity index (χ2n) is 12.3. The summed E-state index contributed by atoms with van der Waals surface area (Å²) in [5.41, 5.74) is -0.106. The number of alkyl halides is 3. The van der Waals surface area contributed by atoms with E-state index in [1.54, 1.807) is 11.4 Å². The molecule has 1 aromatic carbocycles. The van der Waals surface area contributed by atoms with Gasteiger partial charge in [0.2, 0.25) is 0 Å². The van der Waals surface area contributed by atoms with Gasteiger partial charge >= 0.3 is 15.6 Å². The highest BCUT2D eigenvalue weighted by molar-refractivity contribution is 7.88. The second-order valence-corrected chi connectivity index (χ2v) is 25.9. The maximum absolute atomic E-state index is 13.5. The van der Waals surface area contributed by atoms with Crippen LogP contribution in [0, 0.1) is 11.5 Å². The molecule has 2 heterocycles. The van der Waals surface area contributed by atoms with Crippen molar-refractivity contribution in [2.75, 3.05) is 6.61 Å². The maximum Gasteiger partial charge on any atom is 0.534 e. The number of hydrogen-bond donors (Lipinski definition) is 0. The molecule has 222 valence electrons. The van der Waals surface area contributed by atoms with E-state index in [4.69, 9.17) is 8.92 Å². The van der Waals surface area contributed by atoms with Crippen LogP contribution in [0.25, 0.3) is 21.0 Å². The number of hydrogen-bond acceptors (Lipinski definition) is 6. The molecule has 0 amide bonds. The van der Waals surface area contributed by atoms with Crippen molar-refractivity contribution in [2.45, 2.75) is 96.1 Å². The van der Waals surface area contributed by atoms with E-state index in [1.807, 2.05) is 0 Å². The molecule has 2 aromatic heterocycles. The highest BCUT2D eigenvalue weighted by Gasteiger charge is 2.49. The Labute approximate surface area is 241 Å². The van der Waals surface area contributed by atoms with E-state index in [9.17, 15) is 21.6 Å². The summed E-state index contributed by atoms with van der Waals surface area (Å²) < 4.78 is 77.5. The molecule has 0 aliphatic rings. The van der Waals surface area contributed by atoms with Crippen LogP contribution in [0.15, 0.2) is 17.6 Å². The van der Waals surface area contributed by atoms with E-state index in [0.717, 1.165) is 6.04 Å². The lowest BCUT2D eigenvalue weighted by atomic mass is 10.1. The van der Waals surface area contributed by atoms with Gasteiger partial charge in [0.1, 0.15) is 14.8 Å². The van der Waals surface area contributed by atoms with Crippen molar-refractivity contribution in [3.05, 3.63) is 23.2 Å². The fourth-order valence-corrected chi connectivity index (χ4v) is 12.7. The summed E-state index contributed by atoms with van der Waals surface area (Å²) in [5.74, 6) is 2.86. The van der Waals surface area contributed by atoms with Gasteiger partial charge in [0.15, 0.2) is 5.75 Å². The monoisotopic (exact) mass is 632 g/mol. The number of fused-ring (bicyclic) bond motifs is 2. The summed E-state index contributed by atoms with van der Waals surface area (Å²) in [7, 11) is -9.43. The molecule has 0 aliphatic heterocycles. The normalized spacial score (nSPS) is 13.6. The molecule has 0 saturated carbocycles. The molecule has 0 atom stereocenters. The predicted molar refractivity (Wildman–Crippen MR) is 163 cm³/mol. The van der Waals surface area contributed by atoms with Gasteiger partial charge in [-0.05, 0) is 28.7 Å².